The van der Waals surface area contributed by atoms with Crippen LogP contribution in [0.15, 0.2) is 67.0 Å². The van der Waals surface area contributed by atoms with Crippen molar-refractivity contribution in [1.29, 1.82) is 0 Å². The zero-order valence-corrected chi connectivity index (χ0v) is 13.1. The number of nitrogens with one attached hydrogen (secondary N) is 1. The highest BCUT2D eigenvalue weighted by Crippen LogP contribution is 2.33. The van der Waals surface area contributed by atoms with E-state index < -0.39 is 0 Å². The van der Waals surface area contributed by atoms with Crippen molar-refractivity contribution in [3.05, 3.63) is 78.1 Å². The molecule has 4 rings (SSSR count). The van der Waals surface area contributed by atoms with Gasteiger partial charge in [0, 0.05) is 24.5 Å². The van der Waals surface area contributed by atoms with Gasteiger partial charge in [-0.25, -0.2) is 4.68 Å². The zero-order valence-electron chi connectivity index (χ0n) is 13.1. The Balaban J connectivity index is 1.39. The fraction of sp³-hybridized carbons (Fsp3) is 0.158. The van der Waals surface area contributed by atoms with E-state index in [4.69, 9.17) is 4.74 Å². The van der Waals surface area contributed by atoms with Crippen LogP contribution in [0, 0.1) is 0 Å². The standard InChI is InChI=1S/C19H17N3O2/c23-19(17-13-24-18-5-2-1-4-16(17)18)20-12-14-6-8-15(9-7-14)22-11-3-10-21-22/h1-11,17H,12-13H2,(H,20,23)/t17-/m0/s1. The number of nitrogens with zero attached hydrogens (tertiary/aromatic N) is 2. The van der Waals surface area contributed by atoms with Crippen LogP contribution in [-0.2, 0) is 11.3 Å². The molecule has 5 nitrogen and oxygen atoms in total. The van der Waals surface area contributed by atoms with Crippen molar-refractivity contribution in [2.75, 3.05) is 6.61 Å². The molecule has 1 N–H and O–H groups in total. The lowest BCUT2D eigenvalue weighted by atomic mass is 10.0. The van der Waals surface area contributed by atoms with E-state index in [0.717, 1.165) is 22.6 Å². The van der Waals surface area contributed by atoms with E-state index in [1.807, 2.05) is 60.8 Å². The van der Waals surface area contributed by atoms with Gasteiger partial charge in [-0.3, -0.25) is 4.79 Å². The third-order valence-corrected chi connectivity index (χ3v) is 4.19. The second-order valence-corrected chi connectivity index (χ2v) is 5.74. The Hall–Kier alpha value is -3.08. The van der Waals surface area contributed by atoms with Crippen molar-refractivity contribution in [2.45, 2.75) is 12.5 Å². The van der Waals surface area contributed by atoms with Crippen molar-refractivity contribution in [3.8, 4) is 11.4 Å². The van der Waals surface area contributed by atoms with Crippen LogP contribution in [0.4, 0.5) is 0 Å². The molecular formula is C19H17N3O2. The molecule has 1 aromatic heterocycles. The Bertz CT molecular complexity index is 841. The number of fused-ring (bicyclic) bond motifs is 1. The monoisotopic (exact) mass is 319 g/mol. The fourth-order valence-corrected chi connectivity index (χ4v) is 2.88. The smallest absolute Gasteiger partial charge is 0.231 e. The molecule has 0 saturated heterocycles. The van der Waals surface area contributed by atoms with Crippen molar-refractivity contribution < 1.29 is 9.53 Å². The molecule has 0 saturated carbocycles. The summed E-state index contributed by atoms with van der Waals surface area (Å²) in [5.74, 6) is 0.571. The Morgan fingerprint density at radius 1 is 1.17 bits per heavy atom. The van der Waals surface area contributed by atoms with Gasteiger partial charge in [-0.2, -0.15) is 5.10 Å². The molecule has 0 aliphatic carbocycles. The Kier molecular flexibility index (Phi) is 3.75. The number of hydrogen-bond donors (Lipinski definition) is 1. The molecule has 2 aromatic carbocycles. The average molecular weight is 319 g/mol. The number of para-hydroxylation sites is 1. The quantitative estimate of drug-likeness (QED) is 0.804. The predicted octanol–water partition coefficient (Wildman–Crippen LogP) is 2.66. The molecule has 5 heteroatoms. The highest BCUT2D eigenvalue weighted by atomic mass is 16.5. The summed E-state index contributed by atoms with van der Waals surface area (Å²) in [6.07, 6.45) is 3.64. The van der Waals surface area contributed by atoms with Gasteiger partial charge in [-0.15, -0.1) is 0 Å². The van der Waals surface area contributed by atoms with Crippen molar-refractivity contribution in [3.63, 3.8) is 0 Å². The normalized spacial score (nSPS) is 15.6. The first-order valence-corrected chi connectivity index (χ1v) is 7.90. The minimum Gasteiger partial charge on any atom is -0.492 e. The molecule has 120 valence electrons. The first-order valence-electron chi connectivity index (χ1n) is 7.90. The topological polar surface area (TPSA) is 56.2 Å². The summed E-state index contributed by atoms with van der Waals surface area (Å²) in [5.41, 5.74) is 3.00. The van der Waals surface area contributed by atoms with Gasteiger partial charge in [0.05, 0.1) is 5.69 Å². The van der Waals surface area contributed by atoms with E-state index in [1.165, 1.54) is 0 Å². The lowest BCUT2D eigenvalue weighted by molar-refractivity contribution is -0.122. The van der Waals surface area contributed by atoms with Crippen LogP contribution in [0.2, 0.25) is 0 Å². The summed E-state index contributed by atoms with van der Waals surface area (Å²) < 4.78 is 7.37. The fourth-order valence-electron chi connectivity index (χ4n) is 2.88. The molecule has 0 unspecified atom stereocenters. The molecule has 1 atom stereocenters. The van der Waals surface area contributed by atoms with Crippen LogP contribution in [-0.4, -0.2) is 22.3 Å². The van der Waals surface area contributed by atoms with Crippen molar-refractivity contribution in [2.24, 2.45) is 0 Å². The molecule has 1 aliphatic heterocycles. The minimum atomic E-state index is -0.232. The maximum Gasteiger partial charge on any atom is 0.231 e. The maximum absolute atomic E-state index is 12.4. The number of amides is 1. The summed E-state index contributed by atoms with van der Waals surface area (Å²) in [5, 5.41) is 7.19. The second kappa shape index (κ2) is 6.20. The summed E-state index contributed by atoms with van der Waals surface area (Å²) >= 11 is 0. The Morgan fingerprint density at radius 2 is 2.00 bits per heavy atom. The summed E-state index contributed by atoms with van der Waals surface area (Å²) in [7, 11) is 0. The van der Waals surface area contributed by atoms with Gasteiger partial charge in [0.2, 0.25) is 5.91 Å². The molecule has 3 aromatic rings. The summed E-state index contributed by atoms with van der Waals surface area (Å²) in [6, 6.07) is 17.6. The van der Waals surface area contributed by atoms with Crippen LogP contribution < -0.4 is 10.1 Å². The molecule has 1 amide bonds. The third kappa shape index (κ3) is 2.76. The zero-order chi connectivity index (χ0) is 16.4. The van der Waals surface area contributed by atoms with Gasteiger partial charge >= 0.3 is 0 Å². The highest BCUT2D eigenvalue weighted by Gasteiger charge is 2.29. The van der Waals surface area contributed by atoms with Gasteiger partial charge in [-0.05, 0) is 29.8 Å². The number of benzene rings is 2. The van der Waals surface area contributed by atoms with E-state index in [2.05, 4.69) is 10.4 Å². The summed E-state index contributed by atoms with van der Waals surface area (Å²) in [6.45, 7) is 0.903. The van der Waals surface area contributed by atoms with Crippen LogP contribution >= 0.6 is 0 Å². The summed E-state index contributed by atoms with van der Waals surface area (Å²) in [4.78, 5) is 12.4. The number of aromatic nitrogens is 2. The maximum atomic E-state index is 12.4. The molecule has 0 spiro atoms. The number of rotatable bonds is 4. The van der Waals surface area contributed by atoms with E-state index in [-0.39, 0.29) is 11.8 Å². The predicted molar refractivity (Wildman–Crippen MR) is 90.1 cm³/mol. The lowest BCUT2D eigenvalue weighted by Crippen LogP contribution is -2.29. The molecule has 0 radical (unpaired) electrons. The lowest BCUT2D eigenvalue weighted by Gasteiger charge is -2.11. The average Bonchev–Trinajstić information content (AvgIpc) is 3.30. The number of carbonyl (C=O) groups is 1. The van der Waals surface area contributed by atoms with Crippen LogP contribution in [0.25, 0.3) is 5.69 Å². The number of ether oxygens (including phenoxy) is 1. The Morgan fingerprint density at radius 3 is 2.79 bits per heavy atom. The van der Waals surface area contributed by atoms with E-state index >= 15 is 0 Å². The van der Waals surface area contributed by atoms with Crippen molar-refractivity contribution >= 4 is 5.91 Å². The van der Waals surface area contributed by atoms with Crippen LogP contribution in [0.3, 0.4) is 0 Å². The molecule has 24 heavy (non-hydrogen) atoms. The number of hydrogen-bond acceptors (Lipinski definition) is 3. The Labute approximate surface area is 139 Å². The van der Waals surface area contributed by atoms with Gasteiger partial charge in [0.15, 0.2) is 0 Å². The third-order valence-electron chi connectivity index (χ3n) is 4.19. The molecular weight excluding hydrogens is 302 g/mol. The second-order valence-electron chi connectivity index (χ2n) is 5.74. The van der Waals surface area contributed by atoms with E-state index in [9.17, 15) is 4.79 Å². The largest absolute Gasteiger partial charge is 0.492 e. The van der Waals surface area contributed by atoms with Crippen LogP contribution in [0.5, 0.6) is 5.75 Å². The van der Waals surface area contributed by atoms with E-state index in [0.29, 0.717) is 13.2 Å². The molecule has 0 bridgehead atoms. The van der Waals surface area contributed by atoms with Gasteiger partial charge in [-0.1, -0.05) is 30.3 Å². The molecule has 1 aliphatic rings. The SMILES string of the molecule is O=C(NCc1ccc(-n2cccn2)cc1)[C@H]1COc2ccccc21. The van der Waals surface area contributed by atoms with Gasteiger partial charge < -0.3 is 10.1 Å². The first-order chi connectivity index (χ1) is 11.8. The highest BCUT2D eigenvalue weighted by molar-refractivity contribution is 5.85. The molecule has 0 fully saturated rings. The minimum absolute atomic E-state index is 0.00361. The van der Waals surface area contributed by atoms with Crippen LogP contribution in [0.1, 0.15) is 17.0 Å². The van der Waals surface area contributed by atoms with Crippen molar-refractivity contribution in [1.82, 2.24) is 15.1 Å². The van der Waals surface area contributed by atoms with Gasteiger partial charge in [0.1, 0.15) is 18.3 Å². The van der Waals surface area contributed by atoms with E-state index in [1.54, 1.807) is 10.9 Å². The first kappa shape index (κ1) is 14.5. The van der Waals surface area contributed by atoms with Gasteiger partial charge in [0.25, 0.3) is 0 Å². The molecule has 2 heterocycles. The number of carbonyl (C=O) groups excluding carboxylic acids is 1.